The fourth-order valence-corrected chi connectivity index (χ4v) is 2.33. The standard InChI is InChI=1S/C18H14N2O/c1-21-15-8-6-13(7-9-15)10-14(11-19)17-12-20-18-5-3-2-4-16(17)18/h2-10,12,20H,1H3. The molecule has 0 aliphatic heterocycles. The van der Waals surface area contributed by atoms with Crippen LogP contribution >= 0.6 is 0 Å². The molecule has 3 rings (SSSR count). The molecule has 0 atom stereocenters. The van der Waals surface area contributed by atoms with Crippen molar-refractivity contribution in [2.45, 2.75) is 0 Å². The van der Waals surface area contributed by atoms with Gasteiger partial charge in [0, 0.05) is 22.7 Å². The minimum absolute atomic E-state index is 0.637. The van der Waals surface area contributed by atoms with Crippen LogP contribution in [-0.2, 0) is 0 Å². The Morgan fingerprint density at radius 1 is 1.14 bits per heavy atom. The Kier molecular flexibility index (Phi) is 3.44. The summed E-state index contributed by atoms with van der Waals surface area (Å²) in [7, 11) is 1.64. The van der Waals surface area contributed by atoms with Gasteiger partial charge in [0.25, 0.3) is 0 Å². The molecule has 0 amide bonds. The maximum atomic E-state index is 9.46. The van der Waals surface area contributed by atoms with Crippen LogP contribution in [0.1, 0.15) is 11.1 Å². The summed E-state index contributed by atoms with van der Waals surface area (Å²) in [5.74, 6) is 0.803. The number of nitriles is 1. The lowest BCUT2D eigenvalue weighted by Crippen LogP contribution is -1.83. The summed E-state index contributed by atoms with van der Waals surface area (Å²) >= 11 is 0. The third kappa shape index (κ3) is 2.52. The number of nitrogens with zero attached hydrogens (tertiary/aromatic N) is 1. The van der Waals surface area contributed by atoms with E-state index >= 15 is 0 Å². The summed E-state index contributed by atoms with van der Waals surface area (Å²) in [6.07, 6.45) is 3.76. The Labute approximate surface area is 123 Å². The molecule has 0 bridgehead atoms. The van der Waals surface area contributed by atoms with Crippen LogP contribution in [0.5, 0.6) is 5.75 Å². The smallest absolute Gasteiger partial charge is 0.118 e. The fraction of sp³-hybridized carbons (Fsp3) is 0.0556. The Bertz CT molecular complexity index is 836. The molecule has 0 radical (unpaired) electrons. The number of hydrogen-bond acceptors (Lipinski definition) is 2. The number of benzene rings is 2. The number of fused-ring (bicyclic) bond motifs is 1. The second-order valence-electron chi connectivity index (χ2n) is 4.69. The average molecular weight is 274 g/mol. The molecule has 0 spiro atoms. The molecule has 3 nitrogen and oxygen atoms in total. The van der Waals surface area contributed by atoms with Gasteiger partial charge < -0.3 is 9.72 Å². The van der Waals surface area contributed by atoms with E-state index in [9.17, 15) is 5.26 Å². The molecule has 3 aromatic rings. The van der Waals surface area contributed by atoms with Gasteiger partial charge in [0.15, 0.2) is 0 Å². The molecule has 0 aliphatic rings. The van der Waals surface area contributed by atoms with Crippen molar-refractivity contribution >= 4 is 22.6 Å². The van der Waals surface area contributed by atoms with Crippen molar-refractivity contribution in [2.24, 2.45) is 0 Å². The number of para-hydroxylation sites is 1. The number of rotatable bonds is 3. The van der Waals surface area contributed by atoms with Crippen LogP contribution in [0, 0.1) is 11.3 Å². The van der Waals surface area contributed by atoms with E-state index in [2.05, 4.69) is 11.1 Å². The second-order valence-corrected chi connectivity index (χ2v) is 4.69. The van der Waals surface area contributed by atoms with E-state index in [0.29, 0.717) is 5.57 Å². The molecular formula is C18H14N2O. The van der Waals surface area contributed by atoms with Gasteiger partial charge in [-0.05, 0) is 29.8 Å². The lowest BCUT2D eigenvalue weighted by Gasteiger charge is -2.01. The molecule has 0 aliphatic carbocycles. The molecule has 1 aromatic heterocycles. The first-order chi connectivity index (χ1) is 10.3. The van der Waals surface area contributed by atoms with E-state index in [1.807, 2.05) is 60.8 Å². The summed E-state index contributed by atoms with van der Waals surface area (Å²) in [5, 5.41) is 10.5. The number of hydrogen-bond donors (Lipinski definition) is 1. The Morgan fingerprint density at radius 3 is 2.62 bits per heavy atom. The molecule has 0 unspecified atom stereocenters. The number of methoxy groups -OCH3 is 1. The van der Waals surface area contributed by atoms with Gasteiger partial charge in [0.05, 0.1) is 18.8 Å². The number of aromatic nitrogens is 1. The maximum Gasteiger partial charge on any atom is 0.118 e. The van der Waals surface area contributed by atoms with Gasteiger partial charge in [-0.25, -0.2) is 0 Å². The van der Waals surface area contributed by atoms with Crippen LogP contribution in [0.25, 0.3) is 22.6 Å². The van der Waals surface area contributed by atoms with Gasteiger partial charge >= 0.3 is 0 Å². The maximum absolute atomic E-state index is 9.46. The topological polar surface area (TPSA) is 48.8 Å². The lowest BCUT2D eigenvalue weighted by molar-refractivity contribution is 0.415. The van der Waals surface area contributed by atoms with Crippen molar-refractivity contribution in [3.63, 3.8) is 0 Å². The van der Waals surface area contributed by atoms with Gasteiger partial charge in [-0.3, -0.25) is 0 Å². The van der Waals surface area contributed by atoms with Gasteiger partial charge in [0.1, 0.15) is 5.75 Å². The molecule has 0 saturated heterocycles. The zero-order valence-corrected chi connectivity index (χ0v) is 11.6. The van der Waals surface area contributed by atoms with Gasteiger partial charge in [-0.2, -0.15) is 5.26 Å². The minimum atomic E-state index is 0.637. The van der Waals surface area contributed by atoms with Gasteiger partial charge in [-0.1, -0.05) is 30.3 Å². The molecule has 2 aromatic carbocycles. The number of allylic oxidation sites excluding steroid dienone is 1. The third-order valence-electron chi connectivity index (χ3n) is 3.43. The van der Waals surface area contributed by atoms with Crippen LogP contribution in [0.2, 0.25) is 0 Å². The van der Waals surface area contributed by atoms with Crippen molar-refractivity contribution < 1.29 is 4.74 Å². The first-order valence-corrected chi connectivity index (χ1v) is 6.64. The number of aromatic amines is 1. The summed E-state index contributed by atoms with van der Waals surface area (Å²) in [6.45, 7) is 0. The highest BCUT2D eigenvalue weighted by molar-refractivity contribution is 6.01. The highest BCUT2D eigenvalue weighted by Gasteiger charge is 2.07. The molecule has 1 heterocycles. The van der Waals surface area contributed by atoms with E-state index in [4.69, 9.17) is 4.74 Å². The van der Waals surface area contributed by atoms with E-state index in [1.165, 1.54) is 0 Å². The quantitative estimate of drug-likeness (QED) is 0.726. The molecule has 3 heteroatoms. The van der Waals surface area contributed by atoms with E-state index in [0.717, 1.165) is 27.8 Å². The third-order valence-corrected chi connectivity index (χ3v) is 3.43. The fourth-order valence-electron chi connectivity index (χ4n) is 2.33. The highest BCUT2D eigenvalue weighted by Crippen LogP contribution is 2.26. The van der Waals surface area contributed by atoms with Crippen molar-refractivity contribution in [1.82, 2.24) is 4.98 Å². The van der Waals surface area contributed by atoms with Crippen LogP contribution in [0.4, 0.5) is 0 Å². The summed E-state index contributed by atoms with van der Waals surface area (Å²) < 4.78 is 5.14. The van der Waals surface area contributed by atoms with Crippen molar-refractivity contribution in [2.75, 3.05) is 7.11 Å². The number of nitrogens with one attached hydrogen (secondary N) is 1. The van der Waals surface area contributed by atoms with Crippen LogP contribution in [0.3, 0.4) is 0 Å². The van der Waals surface area contributed by atoms with E-state index in [1.54, 1.807) is 7.11 Å². The Balaban J connectivity index is 2.05. The summed E-state index contributed by atoms with van der Waals surface area (Å²) in [4.78, 5) is 3.20. The summed E-state index contributed by atoms with van der Waals surface area (Å²) in [6, 6.07) is 17.9. The molecule has 0 fully saturated rings. The van der Waals surface area contributed by atoms with Crippen molar-refractivity contribution in [3.05, 3.63) is 65.9 Å². The highest BCUT2D eigenvalue weighted by atomic mass is 16.5. The summed E-state index contributed by atoms with van der Waals surface area (Å²) in [5.41, 5.74) is 3.56. The zero-order chi connectivity index (χ0) is 14.7. The molecular weight excluding hydrogens is 260 g/mol. The van der Waals surface area contributed by atoms with E-state index in [-0.39, 0.29) is 0 Å². The molecule has 1 N–H and O–H groups in total. The van der Waals surface area contributed by atoms with Gasteiger partial charge in [0.2, 0.25) is 0 Å². The first kappa shape index (κ1) is 13.0. The first-order valence-electron chi connectivity index (χ1n) is 6.64. The predicted octanol–water partition coefficient (Wildman–Crippen LogP) is 4.24. The minimum Gasteiger partial charge on any atom is -0.497 e. The van der Waals surface area contributed by atoms with Crippen LogP contribution in [-0.4, -0.2) is 12.1 Å². The zero-order valence-electron chi connectivity index (χ0n) is 11.6. The Morgan fingerprint density at radius 2 is 1.90 bits per heavy atom. The number of ether oxygens (including phenoxy) is 1. The predicted molar refractivity (Wildman–Crippen MR) is 84.8 cm³/mol. The van der Waals surface area contributed by atoms with Crippen LogP contribution < -0.4 is 4.74 Å². The molecule has 21 heavy (non-hydrogen) atoms. The molecule has 0 saturated carbocycles. The van der Waals surface area contributed by atoms with Gasteiger partial charge in [-0.15, -0.1) is 0 Å². The van der Waals surface area contributed by atoms with Crippen molar-refractivity contribution in [3.8, 4) is 11.8 Å². The lowest BCUT2D eigenvalue weighted by atomic mass is 10.0. The largest absolute Gasteiger partial charge is 0.497 e. The van der Waals surface area contributed by atoms with Crippen LogP contribution in [0.15, 0.2) is 54.7 Å². The van der Waals surface area contributed by atoms with Crippen molar-refractivity contribution in [1.29, 1.82) is 5.26 Å². The Hall–Kier alpha value is -2.99. The van der Waals surface area contributed by atoms with E-state index < -0.39 is 0 Å². The SMILES string of the molecule is COc1ccc(C=C(C#N)c2c[nH]c3ccccc23)cc1. The number of H-pyrrole nitrogens is 1. The molecule has 102 valence electrons. The normalized spacial score (nSPS) is 11.3. The average Bonchev–Trinajstić information content (AvgIpc) is 2.97. The monoisotopic (exact) mass is 274 g/mol. The second kappa shape index (κ2) is 5.56.